The molecule has 0 saturated heterocycles. The first-order valence-electron chi connectivity index (χ1n) is 5.98. The summed E-state index contributed by atoms with van der Waals surface area (Å²) in [6.45, 7) is 7.74. The van der Waals surface area contributed by atoms with Gasteiger partial charge in [-0.3, -0.25) is 9.48 Å². The molecule has 0 radical (unpaired) electrons. The predicted octanol–water partition coefficient (Wildman–Crippen LogP) is 2.09. The van der Waals surface area contributed by atoms with Crippen LogP contribution in [0.4, 0.5) is 0 Å². The van der Waals surface area contributed by atoms with Crippen molar-refractivity contribution in [3.63, 3.8) is 0 Å². The molecule has 1 aromatic rings. The van der Waals surface area contributed by atoms with Gasteiger partial charge in [0.05, 0.1) is 0 Å². The van der Waals surface area contributed by atoms with Crippen LogP contribution in [0.5, 0.6) is 0 Å². The summed E-state index contributed by atoms with van der Waals surface area (Å²) in [5.41, 5.74) is 0. The molecule has 0 spiro atoms. The minimum Gasteiger partial charge on any atom is -0.341 e. The summed E-state index contributed by atoms with van der Waals surface area (Å²) in [7, 11) is 0. The molecule has 0 saturated carbocycles. The molecule has 0 bridgehead atoms. The standard InChI is InChI=1S/C12H21N3O/c1-4-8-14(9-5-2)12(16)11(3)15-10-6-7-13-15/h6-7,10-11H,4-5,8-9H2,1-3H3/t11-/m1/s1. The van der Waals surface area contributed by atoms with Crippen molar-refractivity contribution in [2.75, 3.05) is 13.1 Å². The van der Waals surface area contributed by atoms with Gasteiger partial charge in [-0.05, 0) is 25.8 Å². The number of rotatable bonds is 6. The number of hydrogen-bond donors (Lipinski definition) is 0. The lowest BCUT2D eigenvalue weighted by atomic mass is 10.2. The van der Waals surface area contributed by atoms with E-state index in [1.807, 2.05) is 24.1 Å². The lowest BCUT2D eigenvalue weighted by Crippen LogP contribution is -2.37. The molecule has 1 amide bonds. The highest BCUT2D eigenvalue weighted by Crippen LogP contribution is 2.09. The molecular weight excluding hydrogens is 202 g/mol. The number of carbonyl (C=O) groups is 1. The molecule has 1 atom stereocenters. The first kappa shape index (κ1) is 12.7. The highest BCUT2D eigenvalue weighted by Gasteiger charge is 2.20. The first-order chi connectivity index (χ1) is 7.70. The highest BCUT2D eigenvalue weighted by atomic mass is 16.2. The second-order valence-electron chi connectivity index (χ2n) is 3.99. The fourth-order valence-electron chi connectivity index (χ4n) is 1.76. The van der Waals surface area contributed by atoms with Crippen LogP contribution >= 0.6 is 0 Å². The monoisotopic (exact) mass is 223 g/mol. The second kappa shape index (κ2) is 6.30. The molecule has 1 aromatic heterocycles. The Kier molecular flexibility index (Phi) is 5.02. The van der Waals surface area contributed by atoms with E-state index in [0.29, 0.717) is 0 Å². The molecule has 4 heteroatoms. The van der Waals surface area contributed by atoms with E-state index in [1.54, 1.807) is 10.9 Å². The van der Waals surface area contributed by atoms with Gasteiger partial charge < -0.3 is 4.90 Å². The number of aromatic nitrogens is 2. The fraction of sp³-hybridized carbons (Fsp3) is 0.667. The van der Waals surface area contributed by atoms with Crippen molar-refractivity contribution in [3.05, 3.63) is 18.5 Å². The summed E-state index contributed by atoms with van der Waals surface area (Å²) in [6, 6.07) is 1.64. The van der Waals surface area contributed by atoms with Gasteiger partial charge in [0.2, 0.25) is 5.91 Å². The van der Waals surface area contributed by atoms with Crippen LogP contribution in [0.1, 0.15) is 39.7 Å². The lowest BCUT2D eigenvalue weighted by molar-refractivity contribution is -0.134. The third-order valence-electron chi connectivity index (χ3n) is 2.58. The Morgan fingerprint density at radius 3 is 2.44 bits per heavy atom. The van der Waals surface area contributed by atoms with Crippen LogP contribution in [0.3, 0.4) is 0 Å². The Bertz CT molecular complexity index is 302. The topological polar surface area (TPSA) is 38.1 Å². The molecule has 0 aromatic carbocycles. The predicted molar refractivity (Wildman–Crippen MR) is 64.1 cm³/mol. The van der Waals surface area contributed by atoms with Crippen LogP contribution < -0.4 is 0 Å². The van der Waals surface area contributed by atoms with Crippen molar-refractivity contribution < 1.29 is 4.79 Å². The smallest absolute Gasteiger partial charge is 0.247 e. The summed E-state index contributed by atoms with van der Waals surface area (Å²) in [5, 5.41) is 4.11. The molecule has 0 aliphatic heterocycles. The van der Waals surface area contributed by atoms with E-state index in [2.05, 4.69) is 18.9 Å². The van der Waals surface area contributed by atoms with Gasteiger partial charge in [-0.15, -0.1) is 0 Å². The molecule has 0 aliphatic carbocycles. The summed E-state index contributed by atoms with van der Waals surface area (Å²) >= 11 is 0. The third kappa shape index (κ3) is 3.08. The van der Waals surface area contributed by atoms with Crippen LogP contribution in [0.25, 0.3) is 0 Å². The van der Waals surface area contributed by atoms with E-state index in [4.69, 9.17) is 0 Å². The van der Waals surface area contributed by atoms with Gasteiger partial charge in [-0.2, -0.15) is 5.10 Å². The van der Waals surface area contributed by atoms with Crippen molar-refractivity contribution in [1.82, 2.24) is 14.7 Å². The molecule has 1 rings (SSSR count). The molecular formula is C12H21N3O. The van der Waals surface area contributed by atoms with Gasteiger partial charge in [0.15, 0.2) is 0 Å². The number of hydrogen-bond acceptors (Lipinski definition) is 2. The normalized spacial score (nSPS) is 12.4. The maximum atomic E-state index is 12.2. The highest BCUT2D eigenvalue weighted by molar-refractivity contribution is 5.79. The van der Waals surface area contributed by atoms with Crippen LogP contribution in [0, 0.1) is 0 Å². The minimum atomic E-state index is -0.201. The zero-order valence-electron chi connectivity index (χ0n) is 10.4. The van der Waals surface area contributed by atoms with E-state index in [-0.39, 0.29) is 11.9 Å². The minimum absolute atomic E-state index is 0.160. The summed E-state index contributed by atoms with van der Waals surface area (Å²) in [5.74, 6) is 0.160. The van der Waals surface area contributed by atoms with Gasteiger partial charge in [-0.1, -0.05) is 13.8 Å². The van der Waals surface area contributed by atoms with E-state index in [0.717, 1.165) is 25.9 Å². The molecule has 0 unspecified atom stereocenters. The lowest BCUT2D eigenvalue weighted by Gasteiger charge is -2.25. The Morgan fingerprint density at radius 1 is 1.38 bits per heavy atom. The SMILES string of the molecule is CCCN(CCC)C(=O)[C@@H](C)n1cccn1. The van der Waals surface area contributed by atoms with Gasteiger partial charge in [0.1, 0.15) is 6.04 Å². The molecule has 4 nitrogen and oxygen atoms in total. The largest absolute Gasteiger partial charge is 0.341 e. The molecule has 0 fully saturated rings. The van der Waals surface area contributed by atoms with Crippen molar-refractivity contribution in [1.29, 1.82) is 0 Å². The van der Waals surface area contributed by atoms with Crippen LogP contribution in [-0.2, 0) is 4.79 Å². The quantitative estimate of drug-likeness (QED) is 0.740. The van der Waals surface area contributed by atoms with Crippen molar-refractivity contribution in [2.45, 2.75) is 39.7 Å². The van der Waals surface area contributed by atoms with Crippen molar-refractivity contribution in [3.8, 4) is 0 Å². The zero-order chi connectivity index (χ0) is 12.0. The van der Waals surface area contributed by atoms with Crippen molar-refractivity contribution in [2.24, 2.45) is 0 Å². The van der Waals surface area contributed by atoms with Gasteiger partial charge in [0, 0.05) is 25.5 Å². The van der Waals surface area contributed by atoms with Crippen LogP contribution in [0.15, 0.2) is 18.5 Å². The number of carbonyl (C=O) groups excluding carboxylic acids is 1. The average Bonchev–Trinajstić information content (AvgIpc) is 2.80. The molecule has 90 valence electrons. The Balaban J connectivity index is 2.66. The summed E-state index contributed by atoms with van der Waals surface area (Å²) < 4.78 is 1.71. The second-order valence-corrected chi connectivity index (χ2v) is 3.99. The van der Waals surface area contributed by atoms with E-state index in [9.17, 15) is 4.79 Å². The Hall–Kier alpha value is -1.32. The number of nitrogens with zero attached hydrogens (tertiary/aromatic N) is 3. The molecule has 0 aliphatic rings. The first-order valence-corrected chi connectivity index (χ1v) is 5.98. The maximum absolute atomic E-state index is 12.2. The summed E-state index contributed by atoms with van der Waals surface area (Å²) in [4.78, 5) is 14.1. The molecule has 16 heavy (non-hydrogen) atoms. The van der Waals surface area contributed by atoms with Crippen LogP contribution in [-0.4, -0.2) is 33.7 Å². The van der Waals surface area contributed by atoms with Crippen molar-refractivity contribution >= 4 is 5.91 Å². The Labute approximate surface area is 97.2 Å². The summed E-state index contributed by atoms with van der Waals surface area (Å²) in [6.07, 6.45) is 5.53. The number of amides is 1. The third-order valence-corrected chi connectivity index (χ3v) is 2.58. The van der Waals surface area contributed by atoms with E-state index in [1.165, 1.54) is 0 Å². The fourth-order valence-corrected chi connectivity index (χ4v) is 1.76. The average molecular weight is 223 g/mol. The molecule has 1 heterocycles. The van der Waals surface area contributed by atoms with E-state index >= 15 is 0 Å². The maximum Gasteiger partial charge on any atom is 0.247 e. The Morgan fingerprint density at radius 2 is 2.00 bits per heavy atom. The van der Waals surface area contributed by atoms with Gasteiger partial charge in [-0.25, -0.2) is 0 Å². The van der Waals surface area contributed by atoms with Crippen LogP contribution in [0.2, 0.25) is 0 Å². The van der Waals surface area contributed by atoms with Gasteiger partial charge >= 0.3 is 0 Å². The molecule has 0 N–H and O–H groups in total. The van der Waals surface area contributed by atoms with Gasteiger partial charge in [0.25, 0.3) is 0 Å². The van der Waals surface area contributed by atoms with E-state index < -0.39 is 0 Å². The zero-order valence-corrected chi connectivity index (χ0v) is 10.4.